The summed E-state index contributed by atoms with van der Waals surface area (Å²) in [6.45, 7) is 7.72. The Morgan fingerprint density at radius 1 is 1.25 bits per heavy atom. The molecule has 0 aliphatic carbocycles. The van der Waals surface area contributed by atoms with Crippen molar-refractivity contribution in [1.82, 2.24) is 4.90 Å². The van der Waals surface area contributed by atoms with Crippen LogP contribution in [0.5, 0.6) is 0 Å². The second-order valence-corrected chi connectivity index (χ2v) is 4.04. The zero-order valence-corrected chi connectivity index (χ0v) is 8.93. The zero-order valence-electron chi connectivity index (χ0n) is 8.93. The number of rotatable bonds is 3. The summed E-state index contributed by atoms with van der Waals surface area (Å²) in [6.07, 6.45) is 1.69. The Hall–Kier alpha value is -0.630. The first kappa shape index (κ1) is 11.4. The average molecular weight is 169 g/mol. The predicted octanol–water partition coefficient (Wildman–Crippen LogP) is 1.86. The van der Waals surface area contributed by atoms with E-state index in [0.29, 0.717) is 0 Å². The van der Waals surface area contributed by atoms with Gasteiger partial charge in [-0.1, -0.05) is 5.57 Å². The Balaban J connectivity index is 4.59. The van der Waals surface area contributed by atoms with Crippen LogP contribution in [0.1, 0.15) is 27.7 Å². The van der Waals surface area contributed by atoms with E-state index < -0.39 is 5.54 Å². The Morgan fingerprint density at radius 3 is 1.92 bits per heavy atom. The van der Waals surface area contributed by atoms with Gasteiger partial charge in [0.05, 0.1) is 5.54 Å². The molecule has 2 heteroatoms. The number of hydrogen-bond donors (Lipinski definition) is 0. The maximum atomic E-state index is 11.6. The standard InChI is InChI=1S/C10H19NO/c1-8(2)7-9(12)10(3,4)11(5)6/h7H,1-6H3. The first-order chi connectivity index (χ1) is 5.28. The Labute approximate surface area is 75.3 Å². The first-order valence-corrected chi connectivity index (χ1v) is 4.15. The third kappa shape index (κ3) is 2.78. The van der Waals surface area contributed by atoms with E-state index in [9.17, 15) is 4.79 Å². The smallest absolute Gasteiger partial charge is 0.175 e. The molecule has 0 N–H and O–H groups in total. The molecule has 0 aromatic rings. The Morgan fingerprint density at radius 2 is 1.67 bits per heavy atom. The van der Waals surface area contributed by atoms with E-state index in [1.807, 2.05) is 46.7 Å². The average Bonchev–Trinajstić information content (AvgIpc) is 1.85. The number of nitrogens with zero attached hydrogens (tertiary/aromatic N) is 1. The monoisotopic (exact) mass is 169 g/mol. The fourth-order valence-corrected chi connectivity index (χ4v) is 0.659. The zero-order chi connectivity index (χ0) is 9.94. The molecule has 0 bridgehead atoms. The lowest BCUT2D eigenvalue weighted by molar-refractivity contribution is -0.123. The molecule has 0 aliphatic heterocycles. The largest absolute Gasteiger partial charge is 0.297 e. The molecule has 0 atom stereocenters. The van der Waals surface area contributed by atoms with E-state index in [0.717, 1.165) is 5.57 Å². The minimum atomic E-state index is -0.392. The van der Waals surface area contributed by atoms with Gasteiger partial charge in [-0.2, -0.15) is 0 Å². The van der Waals surface area contributed by atoms with Gasteiger partial charge in [0.25, 0.3) is 0 Å². The van der Waals surface area contributed by atoms with Gasteiger partial charge in [0.2, 0.25) is 0 Å². The number of carbonyl (C=O) groups excluding carboxylic acids is 1. The highest BCUT2D eigenvalue weighted by Gasteiger charge is 2.27. The maximum Gasteiger partial charge on any atom is 0.175 e. The van der Waals surface area contributed by atoms with Gasteiger partial charge in [0, 0.05) is 0 Å². The lowest BCUT2D eigenvalue weighted by Gasteiger charge is -2.29. The molecular formula is C10H19NO. The van der Waals surface area contributed by atoms with Crippen LogP contribution in [0.4, 0.5) is 0 Å². The van der Waals surface area contributed by atoms with Crippen molar-refractivity contribution in [3.8, 4) is 0 Å². The molecule has 0 heterocycles. The van der Waals surface area contributed by atoms with Crippen molar-refractivity contribution in [2.75, 3.05) is 14.1 Å². The number of ketones is 1. The van der Waals surface area contributed by atoms with Gasteiger partial charge in [0.15, 0.2) is 5.78 Å². The van der Waals surface area contributed by atoms with Crippen molar-refractivity contribution < 1.29 is 4.79 Å². The fourth-order valence-electron chi connectivity index (χ4n) is 0.659. The minimum Gasteiger partial charge on any atom is -0.297 e. The van der Waals surface area contributed by atoms with Crippen LogP contribution in [0.3, 0.4) is 0 Å². The van der Waals surface area contributed by atoms with E-state index in [2.05, 4.69) is 0 Å². The number of hydrogen-bond acceptors (Lipinski definition) is 2. The van der Waals surface area contributed by atoms with Crippen molar-refractivity contribution in [2.24, 2.45) is 0 Å². The van der Waals surface area contributed by atoms with Crippen molar-refractivity contribution in [3.05, 3.63) is 11.6 Å². The van der Waals surface area contributed by atoms with Gasteiger partial charge < -0.3 is 0 Å². The molecule has 0 aromatic carbocycles. The van der Waals surface area contributed by atoms with Crippen molar-refractivity contribution in [3.63, 3.8) is 0 Å². The van der Waals surface area contributed by atoms with E-state index >= 15 is 0 Å². The summed E-state index contributed by atoms with van der Waals surface area (Å²) in [7, 11) is 3.83. The molecule has 0 saturated carbocycles. The van der Waals surface area contributed by atoms with Crippen LogP contribution >= 0.6 is 0 Å². The third-order valence-corrected chi connectivity index (χ3v) is 2.14. The molecule has 12 heavy (non-hydrogen) atoms. The van der Waals surface area contributed by atoms with Gasteiger partial charge in [-0.15, -0.1) is 0 Å². The summed E-state index contributed by atoms with van der Waals surface area (Å²) < 4.78 is 0. The SMILES string of the molecule is CC(C)=CC(=O)C(C)(C)N(C)C. The molecule has 0 unspecified atom stereocenters. The van der Waals surface area contributed by atoms with Crippen molar-refractivity contribution in [2.45, 2.75) is 33.2 Å². The quantitative estimate of drug-likeness (QED) is 0.601. The normalized spacial score (nSPS) is 11.6. The van der Waals surface area contributed by atoms with Gasteiger partial charge in [-0.25, -0.2) is 0 Å². The molecule has 2 nitrogen and oxygen atoms in total. The molecule has 70 valence electrons. The molecule has 0 aromatic heterocycles. The highest BCUT2D eigenvalue weighted by atomic mass is 16.1. The lowest BCUT2D eigenvalue weighted by atomic mass is 9.96. The van der Waals surface area contributed by atoms with Crippen LogP contribution < -0.4 is 0 Å². The topological polar surface area (TPSA) is 20.3 Å². The number of allylic oxidation sites excluding steroid dienone is 1. The summed E-state index contributed by atoms with van der Waals surface area (Å²) in [5, 5.41) is 0. The van der Waals surface area contributed by atoms with Crippen molar-refractivity contribution in [1.29, 1.82) is 0 Å². The van der Waals surface area contributed by atoms with Gasteiger partial charge in [-0.3, -0.25) is 9.69 Å². The van der Waals surface area contributed by atoms with E-state index in [1.165, 1.54) is 0 Å². The second kappa shape index (κ2) is 3.85. The van der Waals surface area contributed by atoms with Crippen LogP contribution in [-0.2, 0) is 4.79 Å². The molecular weight excluding hydrogens is 150 g/mol. The van der Waals surface area contributed by atoms with Gasteiger partial charge in [0.1, 0.15) is 0 Å². The highest BCUT2D eigenvalue weighted by Crippen LogP contribution is 2.12. The molecule has 0 amide bonds. The lowest BCUT2D eigenvalue weighted by Crippen LogP contribution is -2.44. The van der Waals surface area contributed by atoms with E-state index in [-0.39, 0.29) is 5.78 Å². The number of carbonyl (C=O) groups is 1. The molecule has 0 radical (unpaired) electrons. The third-order valence-electron chi connectivity index (χ3n) is 2.14. The summed E-state index contributed by atoms with van der Waals surface area (Å²) in [5.41, 5.74) is 0.659. The van der Waals surface area contributed by atoms with Crippen LogP contribution in [0.15, 0.2) is 11.6 Å². The van der Waals surface area contributed by atoms with Crippen LogP contribution in [-0.4, -0.2) is 30.3 Å². The Kier molecular flexibility index (Phi) is 3.65. The van der Waals surface area contributed by atoms with Crippen LogP contribution in [0.25, 0.3) is 0 Å². The highest BCUT2D eigenvalue weighted by molar-refractivity contribution is 5.97. The van der Waals surface area contributed by atoms with E-state index in [4.69, 9.17) is 0 Å². The molecule has 0 aliphatic rings. The number of likely N-dealkylation sites (N-methyl/N-ethyl adjacent to an activating group) is 1. The summed E-state index contributed by atoms with van der Waals surface area (Å²) in [6, 6.07) is 0. The minimum absolute atomic E-state index is 0.160. The summed E-state index contributed by atoms with van der Waals surface area (Å²) in [4.78, 5) is 13.5. The summed E-state index contributed by atoms with van der Waals surface area (Å²) >= 11 is 0. The van der Waals surface area contributed by atoms with Crippen molar-refractivity contribution >= 4 is 5.78 Å². The van der Waals surface area contributed by atoms with Crippen LogP contribution in [0.2, 0.25) is 0 Å². The first-order valence-electron chi connectivity index (χ1n) is 4.15. The maximum absolute atomic E-state index is 11.6. The molecule has 0 saturated heterocycles. The van der Waals surface area contributed by atoms with Gasteiger partial charge >= 0.3 is 0 Å². The van der Waals surface area contributed by atoms with Crippen LogP contribution in [0, 0.1) is 0 Å². The Bertz CT molecular complexity index is 198. The molecule has 0 spiro atoms. The summed E-state index contributed by atoms with van der Waals surface area (Å²) in [5.74, 6) is 0.160. The predicted molar refractivity (Wildman–Crippen MR) is 52.2 cm³/mol. The van der Waals surface area contributed by atoms with E-state index in [1.54, 1.807) is 6.08 Å². The molecule has 0 fully saturated rings. The second-order valence-electron chi connectivity index (χ2n) is 4.04. The van der Waals surface area contributed by atoms with Gasteiger partial charge in [-0.05, 0) is 47.9 Å². The molecule has 0 rings (SSSR count). The fraction of sp³-hybridized carbons (Fsp3) is 0.700.